The summed E-state index contributed by atoms with van der Waals surface area (Å²) >= 11 is 1.30. The van der Waals surface area contributed by atoms with Gasteiger partial charge >= 0.3 is 0 Å². The average Bonchev–Trinajstić information content (AvgIpc) is 3.02. The van der Waals surface area contributed by atoms with Gasteiger partial charge in [0.25, 0.3) is 0 Å². The van der Waals surface area contributed by atoms with Crippen LogP contribution in [0, 0.1) is 0 Å². The van der Waals surface area contributed by atoms with Gasteiger partial charge in [-0.15, -0.1) is 10.2 Å². The highest BCUT2D eigenvalue weighted by Gasteiger charge is 2.19. The normalized spacial score (nSPS) is 12.5. The second kappa shape index (κ2) is 8.76. The summed E-state index contributed by atoms with van der Waals surface area (Å²) in [5, 5.41) is 16.5. The van der Waals surface area contributed by atoms with Crippen LogP contribution < -0.4 is 10.5 Å². The summed E-state index contributed by atoms with van der Waals surface area (Å²) in [6, 6.07) is 15.7. The fourth-order valence-corrected chi connectivity index (χ4v) is 3.91. The molecule has 152 valence electrons. The number of thioether (sulfide) groups is 1. The van der Waals surface area contributed by atoms with E-state index in [0.29, 0.717) is 17.3 Å². The van der Waals surface area contributed by atoms with Crippen molar-refractivity contribution in [3.05, 3.63) is 66.0 Å². The molecule has 0 bridgehead atoms. The minimum atomic E-state index is -3.77. The van der Waals surface area contributed by atoms with Crippen molar-refractivity contribution in [2.24, 2.45) is 12.2 Å². The second-order valence-electron chi connectivity index (χ2n) is 6.44. The largest absolute Gasteiger partial charge is 0.325 e. The number of primary sulfonamides is 1. The third-order valence-electron chi connectivity index (χ3n) is 4.23. The topological polar surface area (TPSA) is 120 Å². The summed E-state index contributed by atoms with van der Waals surface area (Å²) in [5.41, 5.74) is 1.62. The average molecular weight is 432 g/mol. The van der Waals surface area contributed by atoms with E-state index in [1.54, 1.807) is 6.92 Å². The first-order valence-corrected chi connectivity index (χ1v) is 11.2. The number of rotatable bonds is 7. The van der Waals surface area contributed by atoms with Crippen molar-refractivity contribution in [2.45, 2.75) is 28.6 Å². The Kier molecular flexibility index (Phi) is 6.36. The van der Waals surface area contributed by atoms with Crippen LogP contribution in [0.5, 0.6) is 0 Å². The van der Waals surface area contributed by atoms with Gasteiger partial charge in [-0.25, -0.2) is 13.6 Å². The van der Waals surface area contributed by atoms with E-state index < -0.39 is 15.3 Å². The van der Waals surface area contributed by atoms with Gasteiger partial charge < -0.3 is 9.88 Å². The zero-order valence-corrected chi connectivity index (χ0v) is 17.6. The van der Waals surface area contributed by atoms with Crippen molar-refractivity contribution in [2.75, 3.05) is 5.32 Å². The molecule has 1 atom stereocenters. The maximum absolute atomic E-state index is 12.5. The summed E-state index contributed by atoms with van der Waals surface area (Å²) in [6.07, 6.45) is 0.655. The molecule has 0 aliphatic rings. The van der Waals surface area contributed by atoms with Gasteiger partial charge in [0.2, 0.25) is 15.9 Å². The molecule has 29 heavy (non-hydrogen) atoms. The Morgan fingerprint density at radius 2 is 1.79 bits per heavy atom. The van der Waals surface area contributed by atoms with Gasteiger partial charge in [0, 0.05) is 19.2 Å². The maximum Gasteiger partial charge on any atom is 0.238 e. The number of carbonyl (C=O) groups excluding carboxylic acids is 1. The lowest BCUT2D eigenvalue weighted by molar-refractivity contribution is -0.115. The van der Waals surface area contributed by atoms with Crippen molar-refractivity contribution in [3.8, 4) is 0 Å². The Bertz CT molecular complexity index is 1100. The SMILES string of the molecule is C[C@H](Sc1nnc(Cc2ccccc2)n1C)C(=O)Nc1ccc(S(N)(=O)=O)cc1. The molecule has 1 amide bonds. The molecule has 0 aliphatic heterocycles. The number of nitrogens with one attached hydrogen (secondary N) is 1. The smallest absolute Gasteiger partial charge is 0.238 e. The van der Waals surface area contributed by atoms with Crippen molar-refractivity contribution >= 4 is 33.4 Å². The molecule has 3 N–H and O–H groups in total. The van der Waals surface area contributed by atoms with E-state index in [1.165, 1.54) is 36.0 Å². The van der Waals surface area contributed by atoms with Crippen LogP contribution in [-0.4, -0.2) is 34.3 Å². The van der Waals surface area contributed by atoms with Gasteiger partial charge in [0.05, 0.1) is 10.1 Å². The fourth-order valence-electron chi connectivity index (χ4n) is 2.56. The molecule has 3 rings (SSSR count). The molecule has 0 saturated carbocycles. The van der Waals surface area contributed by atoms with Crippen molar-refractivity contribution < 1.29 is 13.2 Å². The van der Waals surface area contributed by atoms with Crippen LogP contribution in [0.1, 0.15) is 18.3 Å². The third-order valence-corrected chi connectivity index (χ3v) is 6.30. The summed E-state index contributed by atoms with van der Waals surface area (Å²) in [6.45, 7) is 1.77. The molecule has 0 radical (unpaired) electrons. The van der Waals surface area contributed by atoms with Crippen LogP contribution in [0.25, 0.3) is 0 Å². The third kappa shape index (κ3) is 5.43. The predicted octanol–water partition coefficient (Wildman–Crippen LogP) is 2.17. The lowest BCUT2D eigenvalue weighted by atomic mass is 10.1. The number of sulfonamides is 1. The van der Waals surface area contributed by atoms with Gasteiger partial charge in [-0.3, -0.25) is 4.79 Å². The first-order valence-electron chi connectivity index (χ1n) is 8.76. The molecule has 8 nitrogen and oxygen atoms in total. The molecular weight excluding hydrogens is 410 g/mol. The number of hydrogen-bond acceptors (Lipinski definition) is 6. The molecule has 0 saturated heterocycles. The number of nitrogens with two attached hydrogens (primary N) is 1. The van der Waals surface area contributed by atoms with Crippen LogP contribution in [0.4, 0.5) is 5.69 Å². The zero-order chi connectivity index (χ0) is 21.0. The van der Waals surface area contributed by atoms with Crippen LogP contribution in [0.3, 0.4) is 0 Å². The highest BCUT2D eigenvalue weighted by Crippen LogP contribution is 2.23. The van der Waals surface area contributed by atoms with Gasteiger partial charge in [-0.05, 0) is 36.8 Å². The summed E-state index contributed by atoms with van der Waals surface area (Å²) in [5.74, 6) is 0.579. The Morgan fingerprint density at radius 3 is 2.41 bits per heavy atom. The molecule has 0 spiro atoms. The predicted molar refractivity (Wildman–Crippen MR) is 112 cm³/mol. The van der Waals surface area contributed by atoms with E-state index in [2.05, 4.69) is 15.5 Å². The summed E-state index contributed by atoms with van der Waals surface area (Å²) in [4.78, 5) is 12.5. The number of amides is 1. The van der Waals surface area contributed by atoms with Crippen molar-refractivity contribution in [1.29, 1.82) is 0 Å². The molecule has 1 heterocycles. The monoisotopic (exact) mass is 431 g/mol. The standard InChI is InChI=1S/C19H21N5O3S2/c1-13(18(25)21-15-8-10-16(11-9-15)29(20,26)27)28-19-23-22-17(24(19)2)12-14-6-4-3-5-7-14/h3-11,13H,12H2,1-2H3,(H,21,25)(H2,20,26,27)/t13-/m0/s1. The highest BCUT2D eigenvalue weighted by atomic mass is 32.2. The van der Waals surface area contributed by atoms with E-state index in [9.17, 15) is 13.2 Å². The van der Waals surface area contributed by atoms with E-state index in [0.717, 1.165) is 11.4 Å². The number of carbonyl (C=O) groups is 1. The Morgan fingerprint density at radius 1 is 1.14 bits per heavy atom. The Balaban J connectivity index is 1.62. The van der Waals surface area contributed by atoms with Gasteiger partial charge in [0.15, 0.2) is 5.16 Å². The molecule has 0 fully saturated rings. The molecule has 10 heteroatoms. The fraction of sp³-hybridized carbons (Fsp3) is 0.211. The number of hydrogen-bond donors (Lipinski definition) is 2. The van der Waals surface area contributed by atoms with Crippen LogP contribution in [-0.2, 0) is 28.3 Å². The van der Waals surface area contributed by atoms with E-state index >= 15 is 0 Å². The molecule has 1 aromatic heterocycles. The molecule has 3 aromatic rings. The Labute approximate surface area is 173 Å². The number of nitrogens with zero attached hydrogens (tertiary/aromatic N) is 3. The van der Waals surface area contributed by atoms with Gasteiger partial charge in [0.1, 0.15) is 5.82 Å². The second-order valence-corrected chi connectivity index (χ2v) is 9.31. The zero-order valence-electron chi connectivity index (χ0n) is 15.9. The molecular formula is C19H21N5O3S2. The maximum atomic E-state index is 12.5. The van der Waals surface area contributed by atoms with Crippen LogP contribution in [0.15, 0.2) is 64.6 Å². The number of benzene rings is 2. The lowest BCUT2D eigenvalue weighted by Crippen LogP contribution is -2.23. The first kappa shape index (κ1) is 21.0. The van der Waals surface area contributed by atoms with E-state index in [4.69, 9.17) is 5.14 Å². The van der Waals surface area contributed by atoms with Gasteiger partial charge in [-0.2, -0.15) is 0 Å². The van der Waals surface area contributed by atoms with Crippen LogP contribution in [0.2, 0.25) is 0 Å². The van der Waals surface area contributed by atoms with E-state index in [1.807, 2.05) is 41.9 Å². The molecule has 0 aliphatic carbocycles. The summed E-state index contributed by atoms with van der Waals surface area (Å²) < 4.78 is 24.5. The minimum Gasteiger partial charge on any atom is -0.325 e. The van der Waals surface area contributed by atoms with Crippen molar-refractivity contribution in [3.63, 3.8) is 0 Å². The minimum absolute atomic E-state index is 0.0112. The molecule has 2 aromatic carbocycles. The van der Waals surface area contributed by atoms with E-state index in [-0.39, 0.29) is 10.8 Å². The van der Waals surface area contributed by atoms with Gasteiger partial charge in [-0.1, -0.05) is 42.1 Å². The number of anilines is 1. The summed E-state index contributed by atoms with van der Waals surface area (Å²) in [7, 11) is -1.89. The van der Waals surface area contributed by atoms with Crippen LogP contribution >= 0.6 is 11.8 Å². The lowest BCUT2D eigenvalue weighted by Gasteiger charge is -2.12. The van der Waals surface area contributed by atoms with Crippen molar-refractivity contribution in [1.82, 2.24) is 14.8 Å². The molecule has 0 unspecified atom stereocenters. The first-order chi connectivity index (χ1) is 13.7. The Hall–Kier alpha value is -2.69. The quantitative estimate of drug-likeness (QED) is 0.553. The number of aromatic nitrogens is 3. The highest BCUT2D eigenvalue weighted by molar-refractivity contribution is 8.00.